The van der Waals surface area contributed by atoms with Crippen LogP contribution in [0.15, 0.2) is 140 Å². The van der Waals surface area contributed by atoms with Crippen molar-refractivity contribution in [3.05, 3.63) is 163 Å². The van der Waals surface area contributed by atoms with Gasteiger partial charge in [-0.25, -0.2) is 19.9 Å². The highest BCUT2D eigenvalue weighted by molar-refractivity contribution is 5.95. The predicted octanol–water partition coefficient (Wildman–Crippen LogP) is 10.7. The van der Waals surface area contributed by atoms with E-state index in [-0.39, 0.29) is 12.3 Å². The molecule has 2 aromatic heterocycles. The molecule has 11 rings (SSSR count). The lowest BCUT2D eigenvalue weighted by Crippen LogP contribution is -2.71. The van der Waals surface area contributed by atoms with Crippen LogP contribution in [0.4, 0.5) is 46.0 Å². The lowest BCUT2D eigenvalue weighted by molar-refractivity contribution is 0.0788. The number of benzene rings is 5. The van der Waals surface area contributed by atoms with E-state index in [0.29, 0.717) is 0 Å². The van der Waals surface area contributed by atoms with Gasteiger partial charge in [-0.2, -0.15) is 0 Å². The maximum Gasteiger partial charge on any atom is 0.179 e. The summed E-state index contributed by atoms with van der Waals surface area (Å²) in [5.74, 6) is 3.34. The van der Waals surface area contributed by atoms with Gasteiger partial charge in [0.2, 0.25) is 0 Å². The first-order chi connectivity index (χ1) is 26.8. The Hall–Kier alpha value is -6.54. The van der Waals surface area contributed by atoms with Gasteiger partial charge in [-0.05, 0) is 79.9 Å². The smallest absolute Gasteiger partial charge is 0.179 e. The highest BCUT2D eigenvalue weighted by Gasteiger charge is 2.70. The minimum absolute atomic E-state index is 0.284. The highest BCUT2D eigenvalue weighted by Crippen LogP contribution is 2.69. The van der Waals surface area contributed by atoms with E-state index in [1.54, 1.807) is 0 Å². The van der Waals surface area contributed by atoms with Crippen molar-refractivity contribution in [1.29, 1.82) is 0 Å². The van der Waals surface area contributed by atoms with Crippen LogP contribution >= 0.6 is 0 Å². The Morgan fingerprint density at radius 2 is 1.11 bits per heavy atom. The Kier molecular flexibility index (Phi) is 6.53. The molecule has 0 aliphatic carbocycles. The largest absolute Gasteiger partial charge is 0.301 e. The number of anilines is 8. The molecule has 0 saturated carbocycles. The van der Waals surface area contributed by atoms with Crippen LogP contribution in [0.3, 0.4) is 0 Å². The Morgan fingerprint density at radius 1 is 0.564 bits per heavy atom. The van der Waals surface area contributed by atoms with Crippen molar-refractivity contribution in [2.24, 2.45) is 5.41 Å². The van der Waals surface area contributed by atoms with E-state index >= 15 is 0 Å². The van der Waals surface area contributed by atoms with E-state index in [1.807, 2.05) is 24.5 Å². The van der Waals surface area contributed by atoms with Gasteiger partial charge in [-0.1, -0.05) is 104 Å². The molecule has 0 fully saturated rings. The molecule has 268 valence electrons. The van der Waals surface area contributed by atoms with E-state index < -0.39 is 10.8 Å². The molecule has 8 heteroatoms. The molecule has 55 heavy (non-hydrogen) atoms. The number of aromatic nitrogens is 4. The average molecular weight is 717 g/mol. The van der Waals surface area contributed by atoms with Gasteiger partial charge in [0, 0.05) is 40.4 Å². The molecule has 0 spiro atoms. The Morgan fingerprint density at radius 3 is 1.82 bits per heavy atom. The zero-order valence-corrected chi connectivity index (χ0v) is 31.3. The third-order valence-corrected chi connectivity index (χ3v) is 12.8. The molecule has 0 saturated heterocycles. The molecular formula is C47H40N8. The van der Waals surface area contributed by atoms with Gasteiger partial charge < -0.3 is 19.6 Å². The molecule has 5 aromatic carbocycles. The predicted molar refractivity (Wildman–Crippen MR) is 222 cm³/mol. The molecule has 0 N–H and O–H groups in total. The Bertz CT molecular complexity index is 2710. The maximum atomic E-state index is 5.51. The van der Waals surface area contributed by atoms with Gasteiger partial charge in [0.15, 0.2) is 23.3 Å². The monoisotopic (exact) mass is 716 g/mol. The summed E-state index contributed by atoms with van der Waals surface area (Å²) in [6, 6.07) is 43.4. The summed E-state index contributed by atoms with van der Waals surface area (Å²) in [7, 11) is 0. The minimum atomic E-state index is -0.651. The fourth-order valence-electron chi connectivity index (χ4n) is 10.1. The molecule has 4 aliphatic heterocycles. The molecule has 4 aliphatic rings. The Labute approximate surface area is 321 Å². The van der Waals surface area contributed by atoms with Crippen LogP contribution in [0, 0.1) is 19.3 Å². The molecule has 6 heterocycles. The molecular weight excluding hydrogens is 677 g/mol. The molecule has 0 radical (unpaired) electrons. The molecule has 0 bridgehead atoms. The number of aryl methyl sites for hydroxylation is 2. The number of nitrogens with zero attached hydrogens (tertiary/aromatic N) is 8. The second-order valence-electron chi connectivity index (χ2n) is 15.9. The second kappa shape index (κ2) is 11.2. The van der Waals surface area contributed by atoms with Gasteiger partial charge in [0.1, 0.15) is 12.3 Å². The van der Waals surface area contributed by atoms with E-state index in [2.05, 4.69) is 156 Å². The van der Waals surface area contributed by atoms with Crippen LogP contribution in [0.2, 0.25) is 0 Å². The van der Waals surface area contributed by atoms with Crippen molar-refractivity contribution in [3.63, 3.8) is 0 Å². The first kappa shape index (κ1) is 31.9. The summed E-state index contributed by atoms with van der Waals surface area (Å²) in [4.78, 5) is 31.1. The molecule has 7 aromatic rings. The fraction of sp³-hybridized carbons (Fsp3) is 0.191. The lowest BCUT2D eigenvalue weighted by atomic mass is 9.52. The lowest BCUT2D eigenvalue weighted by Gasteiger charge is -2.63. The molecule has 4 unspecified atom stereocenters. The van der Waals surface area contributed by atoms with Crippen LogP contribution in [-0.2, 0) is 5.41 Å². The van der Waals surface area contributed by atoms with Crippen molar-refractivity contribution < 1.29 is 0 Å². The highest BCUT2D eigenvalue weighted by atomic mass is 15.5. The quantitative estimate of drug-likeness (QED) is 0.175. The van der Waals surface area contributed by atoms with Crippen LogP contribution in [0.1, 0.15) is 42.5 Å². The third kappa shape index (κ3) is 4.16. The maximum absolute atomic E-state index is 5.51. The molecule has 0 amide bonds. The van der Waals surface area contributed by atoms with E-state index in [0.717, 1.165) is 74.6 Å². The first-order valence-electron chi connectivity index (χ1n) is 19.0. The van der Waals surface area contributed by atoms with Gasteiger partial charge in [-0.15, -0.1) is 0 Å². The standard InChI is InChI=1S/C47H40N8/c1-29-19-22-33(23-20-29)52-40-41(49-26-25-48-40)55-39-24-21-30(2)27-35(39)46(4)28-31(3)34-15-9-12-18-38(34)54-43-42(50-36-16-10-11-17-37(36)51-43)53(32-13-7-6-8-14-32)45(54)47(46,5)44(52)55/h6-27,44-45H,3,28H2,1-2,4-5H3. The van der Waals surface area contributed by atoms with Crippen molar-refractivity contribution in [1.82, 2.24) is 19.9 Å². The first-order valence-corrected chi connectivity index (χ1v) is 19.0. The van der Waals surface area contributed by atoms with Gasteiger partial charge in [-0.3, -0.25) is 0 Å². The number of allylic oxidation sites excluding steroid dienone is 1. The fourth-order valence-corrected chi connectivity index (χ4v) is 10.1. The number of para-hydroxylation sites is 4. The van der Waals surface area contributed by atoms with Gasteiger partial charge >= 0.3 is 0 Å². The van der Waals surface area contributed by atoms with Crippen molar-refractivity contribution >= 4 is 62.6 Å². The van der Waals surface area contributed by atoms with E-state index in [9.17, 15) is 0 Å². The van der Waals surface area contributed by atoms with E-state index in [1.165, 1.54) is 16.7 Å². The summed E-state index contributed by atoms with van der Waals surface area (Å²) >= 11 is 0. The third-order valence-electron chi connectivity index (χ3n) is 12.8. The van der Waals surface area contributed by atoms with Gasteiger partial charge in [0.25, 0.3) is 0 Å². The van der Waals surface area contributed by atoms with Crippen LogP contribution in [0.25, 0.3) is 16.6 Å². The molecule has 8 nitrogen and oxygen atoms in total. The van der Waals surface area contributed by atoms with Gasteiger partial charge in [0.05, 0.1) is 22.1 Å². The summed E-state index contributed by atoms with van der Waals surface area (Å²) in [6.07, 6.45) is 3.76. The van der Waals surface area contributed by atoms with E-state index in [4.69, 9.17) is 26.5 Å². The zero-order valence-electron chi connectivity index (χ0n) is 31.3. The topological polar surface area (TPSA) is 64.5 Å². The SMILES string of the molecule is C=C1CC2(C)c3cc(C)ccc3N3c4nccnc4N(c4ccc(C)cc4)C3C2(C)C2N(c3ccccc3)c3nc4ccccc4nc3N2c2ccccc21. The van der Waals surface area contributed by atoms with Crippen molar-refractivity contribution in [3.8, 4) is 0 Å². The number of hydrogen-bond acceptors (Lipinski definition) is 8. The number of fused-ring (bicyclic) bond motifs is 15. The second-order valence-corrected chi connectivity index (χ2v) is 15.9. The van der Waals surface area contributed by atoms with Crippen LogP contribution in [0.5, 0.6) is 0 Å². The summed E-state index contributed by atoms with van der Waals surface area (Å²) in [5, 5.41) is 0. The average Bonchev–Trinajstić information content (AvgIpc) is 3.73. The summed E-state index contributed by atoms with van der Waals surface area (Å²) in [6.45, 7) is 14.2. The zero-order chi connectivity index (χ0) is 37.2. The minimum Gasteiger partial charge on any atom is -0.301 e. The number of rotatable bonds is 2. The van der Waals surface area contributed by atoms with Crippen molar-refractivity contribution in [2.75, 3.05) is 19.6 Å². The summed E-state index contributed by atoms with van der Waals surface area (Å²) in [5.41, 5.74) is 10.8. The Balaban J connectivity index is 1.31. The number of hydrogen-bond donors (Lipinski definition) is 0. The molecule has 4 atom stereocenters. The normalized spacial score (nSPS) is 23.2. The van der Waals surface area contributed by atoms with Crippen LogP contribution in [-0.4, -0.2) is 32.3 Å². The summed E-state index contributed by atoms with van der Waals surface area (Å²) < 4.78 is 0. The van der Waals surface area contributed by atoms with Crippen molar-refractivity contribution in [2.45, 2.75) is 51.9 Å². The van der Waals surface area contributed by atoms with Crippen LogP contribution < -0.4 is 19.6 Å².